The van der Waals surface area contributed by atoms with Crippen LogP contribution in [0.4, 0.5) is 0 Å². The molecule has 3 nitrogen and oxygen atoms in total. The third kappa shape index (κ3) is 2.76. The van der Waals surface area contributed by atoms with Crippen LogP contribution in [-0.2, 0) is 0 Å². The second-order valence-electron chi connectivity index (χ2n) is 4.77. The summed E-state index contributed by atoms with van der Waals surface area (Å²) in [6, 6.07) is 9.81. The Labute approximate surface area is 113 Å². The predicted octanol–water partition coefficient (Wildman–Crippen LogP) is 3.43. The molecular formula is C16H19NO2. The Morgan fingerprint density at radius 3 is 2.32 bits per heavy atom. The first kappa shape index (κ1) is 13.6. The Hall–Kier alpha value is -1.87. The average molecular weight is 257 g/mol. The molecule has 100 valence electrons. The van der Waals surface area contributed by atoms with Crippen molar-refractivity contribution in [3.8, 4) is 17.0 Å². The molecule has 2 rings (SSSR count). The van der Waals surface area contributed by atoms with Gasteiger partial charge in [-0.05, 0) is 56.2 Å². The molecule has 0 saturated carbocycles. The van der Waals surface area contributed by atoms with E-state index in [2.05, 4.69) is 17.1 Å². The molecular weight excluding hydrogens is 238 g/mol. The maximum absolute atomic E-state index is 9.60. The standard InChI is InChI=1S/C16H19NO2/c1-10-8-13(9-11(2)16(10)19-4)15-7-5-6-14(17-15)12(3)18/h5-9,12,18H,1-4H3/t12-/m0/s1. The number of hydrogen-bond donors (Lipinski definition) is 1. The summed E-state index contributed by atoms with van der Waals surface area (Å²) in [6.07, 6.45) is -0.555. The van der Waals surface area contributed by atoms with Gasteiger partial charge in [-0.3, -0.25) is 4.98 Å². The van der Waals surface area contributed by atoms with E-state index in [0.717, 1.165) is 28.1 Å². The van der Waals surface area contributed by atoms with Crippen molar-refractivity contribution in [2.24, 2.45) is 0 Å². The van der Waals surface area contributed by atoms with Gasteiger partial charge in [-0.25, -0.2) is 0 Å². The minimum absolute atomic E-state index is 0.555. The lowest BCUT2D eigenvalue weighted by Gasteiger charge is -2.12. The van der Waals surface area contributed by atoms with E-state index in [1.165, 1.54) is 0 Å². The van der Waals surface area contributed by atoms with Gasteiger partial charge in [-0.2, -0.15) is 0 Å². The fraction of sp³-hybridized carbons (Fsp3) is 0.312. The number of aromatic nitrogens is 1. The monoisotopic (exact) mass is 257 g/mol. The second-order valence-corrected chi connectivity index (χ2v) is 4.77. The van der Waals surface area contributed by atoms with E-state index < -0.39 is 6.10 Å². The van der Waals surface area contributed by atoms with E-state index in [9.17, 15) is 5.11 Å². The molecule has 1 N–H and O–H groups in total. The molecule has 1 aromatic carbocycles. The number of methoxy groups -OCH3 is 1. The summed E-state index contributed by atoms with van der Waals surface area (Å²) in [4.78, 5) is 4.49. The molecule has 0 saturated heterocycles. The first-order valence-corrected chi connectivity index (χ1v) is 6.33. The molecule has 1 heterocycles. The summed E-state index contributed by atoms with van der Waals surface area (Å²) >= 11 is 0. The summed E-state index contributed by atoms with van der Waals surface area (Å²) in [7, 11) is 1.68. The van der Waals surface area contributed by atoms with E-state index in [1.54, 1.807) is 14.0 Å². The van der Waals surface area contributed by atoms with Crippen molar-refractivity contribution < 1.29 is 9.84 Å². The van der Waals surface area contributed by atoms with E-state index in [4.69, 9.17) is 4.74 Å². The number of aryl methyl sites for hydroxylation is 2. The minimum atomic E-state index is -0.555. The number of ether oxygens (including phenoxy) is 1. The van der Waals surface area contributed by atoms with Gasteiger partial charge in [-0.1, -0.05) is 6.07 Å². The fourth-order valence-corrected chi connectivity index (χ4v) is 2.27. The number of benzene rings is 1. The van der Waals surface area contributed by atoms with Crippen LogP contribution in [0.1, 0.15) is 29.8 Å². The van der Waals surface area contributed by atoms with E-state index >= 15 is 0 Å². The Morgan fingerprint density at radius 2 is 1.79 bits per heavy atom. The molecule has 0 amide bonds. The van der Waals surface area contributed by atoms with Gasteiger partial charge in [0.2, 0.25) is 0 Å². The minimum Gasteiger partial charge on any atom is -0.496 e. The molecule has 0 bridgehead atoms. The van der Waals surface area contributed by atoms with E-state index in [-0.39, 0.29) is 0 Å². The van der Waals surface area contributed by atoms with Gasteiger partial charge >= 0.3 is 0 Å². The summed E-state index contributed by atoms with van der Waals surface area (Å²) in [6.45, 7) is 5.76. The largest absolute Gasteiger partial charge is 0.496 e. The van der Waals surface area contributed by atoms with Crippen LogP contribution < -0.4 is 4.74 Å². The number of aliphatic hydroxyl groups is 1. The molecule has 0 fully saturated rings. The highest BCUT2D eigenvalue weighted by molar-refractivity contribution is 5.64. The van der Waals surface area contributed by atoms with Crippen molar-refractivity contribution in [2.45, 2.75) is 26.9 Å². The summed E-state index contributed by atoms with van der Waals surface area (Å²) < 4.78 is 5.37. The molecule has 0 radical (unpaired) electrons. The predicted molar refractivity (Wildman–Crippen MR) is 76.3 cm³/mol. The number of aliphatic hydroxyl groups excluding tert-OH is 1. The zero-order valence-electron chi connectivity index (χ0n) is 11.8. The van der Waals surface area contributed by atoms with Gasteiger partial charge in [0.15, 0.2) is 0 Å². The zero-order chi connectivity index (χ0) is 14.0. The maximum atomic E-state index is 9.60. The van der Waals surface area contributed by atoms with Crippen molar-refractivity contribution >= 4 is 0 Å². The molecule has 0 aliphatic rings. The van der Waals surface area contributed by atoms with Crippen molar-refractivity contribution in [1.82, 2.24) is 4.98 Å². The normalized spacial score (nSPS) is 12.3. The van der Waals surface area contributed by atoms with Crippen LogP contribution in [0.3, 0.4) is 0 Å². The van der Waals surface area contributed by atoms with Crippen LogP contribution in [0.25, 0.3) is 11.3 Å². The van der Waals surface area contributed by atoms with Crippen LogP contribution in [-0.4, -0.2) is 17.2 Å². The van der Waals surface area contributed by atoms with Crippen molar-refractivity contribution in [2.75, 3.05) is 7.11 Å². The molecule has 0 aliphatic heterocycles. The Balaban J connectivity index is 2.50. The summed E-state index contributed by atoms with van der Waals surface area (Å²) in [5.74, 6) is 0.912. The Bertz CT molecular complexity index is 568. The summed E-state index contributed by atoms with van der Waals surface area (Å²) in [5.41, 5.74) is 4.76. The van der Waals surface area contributed by atoms with Gasteiger partial charge < -0.3 is 9.84 Å². The van der Waals surface area contributed by atoms with Crippen molar-refractivity contribution in [1.29, 1.82) is 0 Å². The lowest BCUT2D eigenvalue weighted by atomic mass is 10.0. The number of rotatable bonds is 3. The topological polar surface area (TPSA) is 42.4 Å². The highest BCUT2D eigenvalue weighted by atomic mass is 16.5. The quantitative estimate of drug-likeness (QED) is 0.916. The third-order valence-electron chi connectivity index (χ3n) is 3.16. The second kappa shape index (κ2) is 5.41. The zero-order valence-corrected chi connectivity index (χ0v) is 11.8. The van der Waals surface area contributed by atoms with Crippen molar-refractivity contribution in [3.63, 3.8) is 0 Å². The molecule has 1 atom stereocenters. The Kier molecular flexibility index (Phi) is 3.86. The lowest BCUT2D eigenvalue weighted by Crippen LogP contribution is -1.97. The Morgan fingerprint density at radius 1 is 1.16 bits per heavy atom. The van der Waals surface area contributed by atoms with Gasteiger partial charge in [0.1, 0.15) is 5.75 Å². The van der Waals surface area contributed by atoms with Crippen LogP contribution >= 0.6 is 0 Å². The number of nitrogens with zero attached hydrogens (tertiary/aromatic N) is 1. The first-order valence-electron chi connectivity index (χ1n) is 6.33. The third-order valence-corrected chi connectivity index (χ3v) is 3.16. The molecule has 19 heavy (non-hydrogen) atoms. The van der Waals surface area contributed by atoms with Crippen LogP contribution in [0.2, 0.25) is 0 Å². The van der Waals surface area contributed by atoms with E-state index in [1.807, 2.05) is 32.0 Å². The smallest absolute Gasteiger partial charge is 0.124 e. The highest BCUT2D eigenvalue weighted by Crippen LogP contribution is 2.29. The number of pyridine rings is 1. The van der Waals surface area contributed by atoms with Crippen LogP contribution in [0.5, 0.6) is 5.75 Å². The van der Waals surface area contributed by atoms with Crippen LogP contribution in [0.15, 0.2) is 30.3 Å². The molecule has 0 spiro atoms. The molecule has 0 aliphatic carbocycles. The van der Waals surface area contributed by atoms with Gasteiger partial charge in [-0.15, -0.1) is 0 Å². The molecule has 3 heteroatoms. The van der Waals surface area contributed by atoms with Crippen LogP contribution in [0, 0.1) is 13.8 Å². The highest BCUT2D eigenvalue weighted by Gasteiger charge is 2.09. The maximum Gasteiger partial charge on any atom is 0.124 e. The van der Waals surface area contributed by atoms with E-state index in [0.29, 0.717) is 5.69 Å². The van der Waals surface area contributed by atoms with Gasteiger partial charge in [0.25, 0.3) is 0 Å². The molecule has 2 aromatic rings. The van der Waals surface area contributed by atoms with Gasteiger partial charge in [0, 0.05) is 5.56 Å². The number of hydrogen-bond acceptors (Lipinski definition) is 3. The van der Waals surface area contributed by atoms with Crippen molar-refractivity contribution in [3.05, 3.63) is 47.2 Å². The molecule has 1 aromatic heterocycles. The fourth-order valence-electron chi connectivity index (χ4n) is 2.27. The SMILES string of the molecule is COc1c(C)cc(-c2cccc([C@H](C)O)n2)cc1C. The molecule has 0 unspecified atom stereocenters. The van der Waals surface area contributed by atoms with Gasteiger partial charge in [0.05, 0.1) is 24.6 Å². The lowest BCUT2D eigenvalue weighted by molar-refractivity contribution is 0.194. The summed E-state index contributed by atoms with van der Waals surface area (Å²) in [5, 5.41) is 9.60. The average Bonchev–Trinajstić information content (AvgIpc) is 2.38. The first-order chi connectivity index (χ1) is 9.02.